The minimum absolute atomic E-state index is 0.0109. The first-order chi connectivity index (χ1) is 9.06. The molecule has 8 heteroatoms. The van der Waals surface area contributed by atoms with Crippen LogP contribution >= 0.6 is 15.9 Å². The van der Waals surface area contributed by atoms with Crippen LogP contribution in [0.2, 0.25) is 0 Å². The van der Waals surface area contributed by atoms with E-state index in [4.69, 9.17) is 4.74 Å². The number of hydrogen-bond donors (Lipinski definition) is 2. The SMILES string of the molecule is O=C(Nc1ccc([N+](=O)[O-])cc1Br)NC1CCOC1. The van der Waals surface area contributed by atoms with E-state index in [1.165, 1.54) is 18.2 Å². The highest BCUT2D eigenvalue weighted by Crippen LogP contribution is 2.27. The Balaban J connectivity index is 1.98. The van der Waals surface area contributed by atoms with Crippen LogP contribution in [0.5, 0.6) is 0 Å². The summed E-state index contributed by atoms with van der Waals surface area (Å²) in [5.74, 6) is 0. The highest BCUT2D eigenvalue weighted by Gasteiger charge is 2.18. The van der Waals surface area contributed by atoms with Gasteiger partial charge in [0.05, 0.1) is 23.3 Å². The van der Waals surface area contributed by atoms with Gasteiger partial charge in [0.1, 0.15) is 0 Å². The van der Waals surface area contributed by atoms with Crippen molar-refractivity contribution >= 4 is 33.3 Å². The second-order valence-electron chi connectivity index (χ2n) is 4.08. The quantitative estimate of drug-likeness (QED) is 0.657. The molecule has 1 aromatic carbocycles. The molecule has 1 saturated heterocycles. The summed E-state index contributed by atoms with van der Waals surface area (Å²) >= 11 is 3.19. The lowest BCUT2D eigenvalue weighted by molar-refractivity contribution is -0.384. The Morgan fingerprint density at radius 3 is 2.89 bits per heavy atom. The molecule has 1 heterocycles. The van der Waals surface area contributed by atoms with E-state index in [9.17, 15) is 14.9 Å². The van der Waals surface area contributed by atoms with Gasteiger partial charge in [-0.25, -0.2) is 4.79 Å². The average molecular weight is 330 g/mol. The average Bonchev–Trinajstić information content (AvgIpc) is 2.84. The van der Waals surface area contributed by atoms with Gasteiger partial charge in [0.2, 0.25) is 0 Å². The fourth-order valence-corrected chi connectivity index (χ4v) is 2.18. The summed E-state index contributed by atoms with van der Waals surface area (Å²) in [7, 11) is 0. The Labute approximate surface area is 117 Å². The molecule has 1 unspecified atom stereocenters. The Morgan fingerprint density at radius 2 is 2.32 bits per heavy atom. The zero-order valence-corrected chi connectivity index (χ0v) is 11.5. The predicted molar refractivity (Wildman–Crippen MR) is 72.2 cm³/mol. The molecule has 1 atom stereocenters. The maximum Gasteiger partial charge on any atom is 0.319 e. The number of anilines is 1. The van der Waals surface area contributed by atoms with Crippen LogP contribution in [0, 0.1) is 10.1 Å². The first-order valence-corrected chi connectivity index (χ1v) is 6.45. The normalized spacial score (nSPS) is 18.1. The van der Waals surface area contributed by atoms with E-state index >= 15 is 0 Å². The standard InChI is InChI=1S/C11H12BrN3O4/c12-9-5-8(15(17)18)1-2-10(9)14-11(16)13-7-3-4-19-6-7/h1-2,5,7H,3-4,6H2,(H2,13,14,16). The molecule has 1 fully saturated rings. The number of urea groups is 1. The van der Waals surface area contributed by atoms with Crippen molar-refractivity contribution in [3.63, 3.8) is 0 Å². The maximum absolute atomic E-state index is 11.7. The summed E-state index contributed by atoms with van der Waals surface area (Å²) in [6, 6.07) is 3.81. The van der Waals surface area contributed by atoms with Crippen LogP contribution in [-0.4, -0.2) is 30.2 Å². The minimum Gasteiger partial charge on any atom is -0.379 e. The van der Waals surface area contributed by atoms with Crippen molar-refractivity contribution in [3.8, 4) is 0 Å². The van der Waals surface area contributed by atoms with E-state index in [0.717, 1.165) is 6.42 Å². The number of non-ortho nitro benzene ring substituents is 1. The third-order valence-electron chi connectivity index (χ3n) is 2.68. The summed E-state index contributed by atoms with van der Waals surface area (Å²) in [6.45, 7) is 1.15. The molecule has 0 aliphatic carbocycles. The van der Waals surface area contributed by atoms with Crippen molar-refractivity contribution in [1.29, 1.82) is 0 Å². The lowest BCUT2D eigenvalue weighted by Crippen LogP contribution is -2.38. The van der Waals surface area contributed by atoms with Gasteiger partial charge in [-0.05, 0) is 28.4 Å². The molecule has 2 rings (SSSR count). The van der Waals surface area contributed by atoms with Crippen LogP contribution in [0.3, 0.4) is 0 Å². The third-order valence-corrected chi connectivity index (χ3v) is 3.33. The molecular formula is C11H12BrN3O4. The van der Waals surface area contributed by atoms with Gasteiger partial charge in [-0.2, -0.15) is 0 Å². The van der Waals surface area contributed by atoms with E-state index in [0.29, 0.717) is 23.4 Å². The van der Waals surface area contributed by atoms with Crippen LogP contribution in [0.1, 0.15) is 6.42 Å². The smallest absolute Gasteiger partial charge is 0.319 e. The molecule has 2 N–H and O–H groups in total. The van der Waals surface area contributed by atoms with Gasteiger partial charge < -0.3 is 15.4 Å². The third kappa shape index (κ3) is 3.65. The summed E-state index contributed by atoms with van der Waals surface area (Å²) in [5.41, 5.74) is 0.434. The molecule has 102 valence electrons. The summed E-state index contributed by atoms with van der Waals surface area (Å²) in [6.07, 6.45) is 0.787. The number of hydrogen-bond acceptors (Lipinski definition) is 4. The van der Waals surface area contributed by atoms with Gasteiger partial charge in [-0.15, -0.1) is 0 Å². The molecule has 1 aliphatic rings. The number of nitro groups is 1. The van der Waals surface area contributed by atoms with Gasteiger partial charge in [-0.3, -0.25) is 10.1 Å². The summed E-state index contributed by atoms with van der Waals surface area (Å²) in [5, 5.41) is 16.0. The number of nitro benzene ring substituents is 1. The Hall–Kier alpha value is -1.67. The molecule has 0 aromatic heterocycles. The van der Waals surface area contributed by atoms with Gasteiger partial charge in [0.25, 0.3) is 5.69 Å². The number of nitrogens with one attached hydrogen (secondary N) is 2. The molecule has 7 nitrogen and oxygen atoms in total. The van der Waals surface area contributed by atoms with Crippen LogP contribution in [-0.2, 0) is 4.74 Å². The zero-order valence-electron chi connectivity index (χ0n) is 9.89. The number of carbonyl (C=O) groups excluding carboxylic acids is 1. The number of benzene rings is 1. The van der Waals surface area contributed by atoms with Crippen molar-refractivity contribution in [2.24, 2.45) is 0 Å². The van der Waals surface area contributed by atoms with E-state index in [-0.39, 0.29) is 17.8 Å². The molecule has 0 saturated carbocycles. The van der Waals surface area contributed by atoms with Gasteiger partial charge in [0.15, 0.2) is 0 Å². The van der Waals surface area contributed by atoms with Crippen molar-refractivity contribution in [1.82, 2.24) is 5.32 Å². The highest BCUT2D eigenvalue weighted by molar-refractivity contribution is 9.10. The van der Waals surface area contributed by atoms with Crippen molar-refractivity contribution in [3.05, 3.63) is 32.8 Å². The Morgan fingerprint density at radius 1 is 1.53 bits per heavy atom. The van der Waals surface area contributed by atoms with Crippen LogP contribution < -0.4 is 10.6 Å². The first kappa shape index (κ1) is 13.8. The fraction of sp³-hybridized carbons (Fsp3) is 0.364. The lowest BCUT2D eigenvalue weighted by atomic mass is 10.2. The number of nitrogens with zero attached hydrogens (tertiary/aromatic N) is 1. The van der Waals surface area contributed by atoms with Crippen molar-refractivity contribution < 1.29 is 14.5 Å². The number of ether oxygens (including phenoxy) is 1. The fourth-order valence-electron chi connectivity index (χ4n) is 1.71. The number of halogens is 1. The highest BCUT2D eigenvalue weighted by atomic mass is 79.9. The predicted octanol–water partition coefficient (Wildman–Crippen LogP) is 2.27. The molecule has 0 radical (unpaired) electrons. The topological polar surface area (TPSA) is 93.5 Å². The van der Waals surface area contributed by atoms with Crippen molar-refractivity contribution in [2.45, 2.75) is 12.5 Å². The Kier molecular flexibility index (Phi) is 4.33. The second-order valence-corrected chi connectivity index (χ2v) is 4.93. The molecule has 19 heavy (non-hydrogen) atoms. The molecule has 0 spiro atoms. The molecule has 0 bridgehead atoms. The van der Waals surface area contributed by atoms with E-state index < -0.39 is 4.92 Å². The van der Waals surface area contributed by atoms with Crippen LogP contribution in [0.15, 0.2) is 22.7 Å². The monoisotopic (exact) mass is 329 g/mol. The largest absolute Gasteiger partial charge is 0.379 e. The zero-order chi connectivity index (χ0) is 13.8. The van der Waals surface area contributed by atoms with E-state index in [1.54, 1.807) is 0 Å². The molecule has 1 aromatic rings. The van der Waals surface area contributed by atoms with Gasteiger partial charge in [0, 0.05) is 23.2 Å². The first-order valence-electron chi connectivity index (χ1n) is 5.65. The molecule has 2 amide bonds. The van der Waals surface area contributed by atoms with Gasteiger partial charge in [-0.1, -0.05) is 0 Å². The number of amides is 2. The molecule has 1 aliphatic heterocycles. The summed E-state index contributed by atoms with van der Waals surface area (Å²) < 4.78 is 5.61. The second kappa shape index (κ2) is 5.98. The molecular weight excluding hydrogens is 318 g/mol. The van der Waals surface area contributed by atoms with Crippen LogP contribution in [0.4, 0.5) is 16.2 Å². The number of rotatable bonds is 3. The van der Waals surface area contributed by atoms with E-state index in [1.807, 2.05) is 0 Å². The number of carbonyl (C=O) groups is 1. The van der Waals surface area contributed by atoms with E-state index in [2.05, 4.69) is 26.6 Å². The van der Waals surface area contributed by atoms with Gasteiger partial charge >= 0.3 is 6.03 Å². The van der Waals surface area contributed by atoms with Crippen molar-refractivity contribution in [2.75, 3.05) is 18.5 Å². The summed E-state index contributed by atoms with van der Waals surface area (Å²) in [4.78, 5) is 21.8. The Bertz CT molecular complexity index is 503. The minimum atomic E-state index is -0.496. The lowest BCUT2D eigenvalue weighted by Gasteiger charge is -2.12. The van der Waals surface area contributed by atoms with Crippen LogP contribution in [0.25, 0.3) is 0 Å². The maximum atomic E-state index is 11.7.